The Morgan fingerprint density at radius 1 is 1.12 bits per heavy atom. The molecule has 0 amide bonds. The number of methoxy groups -OCH3 is 3. The van der Waals surface area contributed by atoms with Crippen LogP contribution in [0.5, 0.6) is 17.2 Å². The van der Waals surface area contributed by atoms with Crippen LogP contribution in [0.25, 0.3) is 0 Å². The summed E-state index contributed by atoms with van der Waals surface area (Å²) in [6.45, 7) is 3.35. The number of ether oxygens (including phenoxy) is 3. The molecular formula is C18H26N4O3S. The maximum atomic E-state index is 5.38. The lowest BCUT2D eigenvalue weighted by Gasteiger charge is -2.15. The summed E-state index contributed by atoms with van der Waals surface area (Å²) in [5.74, 6) is 2.57. The Morgan fingerprint density at radius 2 is 1.81 bits per heavy atom. The first-order valence-electron chi connectivity index (χ1n) is 8.25. The fourth-order valence-electron chi connectivity index (χ4n) is 2.48. The monoisotopic (exact) mass is 378 g/mol. The van der Waals surface area contributed by atoms with Gasteiger partial charge in [0.25, 0.3) is 0 Å². The van der Waals surface area contributed by atoms with E-state index in [9.17, 15) is 0 Å². The van der Waals surface area contributed by atoms with Crippen LogP contribution in [0.1, 0.15) is 16.3 Å². The minimum Gasteiger partial charge on any atom is -0.493 e. The molecule has 0 aliphatic carbocycles. The predicted octanol–water partition coefficient (Wildman–Crippen LogP) is 2.39. The Labute approximate surface area is 158 Å². The van der Waals surface area contributed by atoms with Crippen molar-refractivity contribution >= 4 is 17.3 Å². The first kappa shape index (κ1) is 19.8. The third-order valence-corrected chi connectivity index (χ3v) is 4.57. The lowest BCUT2D eigenvalue weighted by atomic mass is 10.2. The summed E-state index contributed by atoms with van der Waals surface area (Å²) in [5, 5.41) is 9.75. The molecule has 0 atom stereocenters. The first-order valence-corrected chi connectivity index (χ1v) is 9.13. The lowest BCUT2D eigenvalue weighted by Crippen LogP contribution is -2.37. The van der Waals surface area contributed by atoms with Crippen LogP contribution in [0.15, 0.2) is 22.5 Å². The molecule has 142 valence electrons. The molecule has 2 rings (SSSR count). The average Bonchev–Trinajstić information content (AvgIpc) is 3.08. The molecule has 8 heteroatoms. The SMILES string of the molecule is CN=C(NCCc1csc(C)n1)NCc1cc(OC)c(OC)c(OC)c1. The van der Waals surface area contributed by atoms with E-state index in [0.717, 1.165) is 35.2 Å². The Bertz CT molecular complexity index is 721. The van der Waals surface area contributed by atoms with Gasteiger partial charge >= 0.3 is 0 Å². The van der Waals surface area contributed by atoms with E-state index in [1.54, 1.807) is 39.7 Å². The van der Waals surface area contributed by atoms with E-state index in [0.29, 0.717) is 23.8 Å². The van der Waals surface area contributed by atoms with Crippen molar-refractivity contribution in [2.24, 2.45) is 4.99 Å². The van der Waals surface area contributed by atoms with Crippen molar-refractivity contribution in [3.63, 3.8) is 0 Å². The Balaban J connectivity index is 1.93. The van der Waals surface area contributed by atoms with Gasteiger partial charge < -0.3 is 24.8 Å². The van der Waals surface area contributed by atoms with Gasteiger partial charge in [-0.1, -0.05) is 0 Å². The number of guanidine groups is 1. The van der Waals surface area contributed by atoms with E-state index in [-0.39, 0.29) is 0 Å². The molecule has 0 saturated heterocycles. The summed E-state index contributed by atoms with van der Waals surface area (Å²) in [6.07, 6.45) is 0.856. The maximum absolute atomic E-state index is 5.38. The van der Waals surface area contributed by atoms with E-state index in [1.807, 2.05) is 19.1 Å². The van der Waals surface area contributed by atoms with Gasteiger partial charge in [-0.15, -0.1) is 11.3 Å². The maximum Gasteiger partial charge on any atom is 0.203 e. The molecule has 1 aromatic carbocycles. The highest BCUT2D eigenvalue weighted by molar-refractivity contribution is 7.09. The molecule has 0 aliphatic heterocycles. The van der Waals surface area contributed by atoms with Crippen molar-refractivity contribution in [2.45, 2.75) is 19.9 Å². The minimum atomic E-state index is 0.576. The highest BCUT2D eigenvalue weighted by Gasteiger charge is 2.13. The van der Waals surface area contributed by atoms with Crippen molar-refractivity contribution in [3.05, 3.63) is 33.8 Å². The van der Waals surface area contributed by atoms with Crippen LogP contribution >= 0.6 is 11.3 Å². The summed E-state index contributed by atoms with van der Waals surface area (Å²) >= 11 is 1.67. The number of aryl methyl sites for hydroxylation is 1. The number of benzene rings is 1. The molecule has 1 heterocycles. The second kappa shape index (κ2) is 9.86. The second-order valence-electron chi connectivity index (χ2n) is 5.49. The number of nitrogens with zero attached hydrogens (tertiary/aromatic N) is 2. The normalized spacial score (nSPS) is 11.2. The molecule has 0 radical (unpaired) electrons. The van der Waals surface area contributed by atoms with Gasteiger partial charge in [0, 0.05) is 31.9 Å². The Hall–Kier alpha value is -2.48. The van der Waals surface area contributed by atoms with Crippen molar-refractivity contribution in [1.29, 1.82) is 0 Å². The van der Waals surface area contributed by atoms with E-state index < -0.39 is 0 Å². The summed E-state index contributed by atoms with van der Waals surface area (Å²) in [6, 6.07) is 3.83. The van der Waals surface area contributed by atoms with Crippen LogP contribution in [0.3, 0.4) is 0 Å². The lowest BCUT2D eigenvalue weighted by molar-refractivity contribution is 0.323. The van der Waals surface area contributed by atoms with Crippen molar-refractivity contribution in [1.82, 2.24) is 15.6 Å². The van der Waals surface area contributed by atoms with Crippen LogP contribution in [0.4, 0.5) is 0 Å². The van der Waals surface area contributed by atoms with Crippen molar-refractivity contribution in [2.75, 3.05) is 34.9 Å². The molecule has 0 spiro atoms. The van der Waals surface area contributed by atoms with E-state index in [4.69, 9.17) is 14.2 Å². The molecule has 26 heavy (non-hydrogen) atoms. The van der Waals surface area contributed by atoms with E-state index in [1.165, 1.54) is 0 Å². The van der Waals surface area contributed by atoms with E-state index >= 15 is 0 Å². The van der Waals surface area contributed by atoms with Gasteiger partial charge in [0.1, 0.15) is 0 Å². The van der Waals surface area contributed by atoms with Crippen molar-refractivity contribution < 1.29 is 14.2 Å². The number of aromatic nitrogens is 1. The molecule has 0 aliphatic rings. The fourth-order valence-corrected chi connectivity index (χ4v) is 3.12. The summed E-state index contributed by atoms with van der Waals surface area (Å²) in [7, 11) is 6.55. The zero-order valence-electron chi connectivity index (χ0n) is 15.9. The van der Waals surface area contributed by atoms with Crippen LogP contribution in [-0.2, 0) is 13.0 Å². The van der Waals surface area contributed by atoms with Crippen LogP contribution < -0.4 is 24.8 Å². The van der Waals surface area contributed by atoms with Gasteiger partial charge in [-0.25, -0.2) is 4.98 Å². The summed E-state index contributed by atoms with van der Waals surface area (Å²) in [5.41, 5.74) is 2.10. The standard InChI is InChI=1S/C18H26N4O3S/c1-12-22-14(11-26-12)6-7-20-18(19-2)21-10-13-8-15(23-3)17(25-5)16(9-13)24-4/h8-9,11H,6-7,10H2,1-5H3,(H2,19,20,21). The molecule has 1 aromatic heterocycles. The van der Waals surface area contributed by atoms with Gasteiger partial charge in [0.15, 0.2) is 17.5 Å². The predicted molar refractivity (Wildman–Crippen MR) is 105 cm³/mol. The van der Waals surface area contributed by atoms with Gasteiger partial charge in [-0.2, -0.15) is 0 Å². The second-order valence-corrected chi connectivity index (χ2v) is 6.56. The topological polar surface area (TPSA) is 77.0 Å². The third-order valence-electron chi connectivity index (χ3n) is 3.75. The smallest absolute Gasteiger partial charge is 0.203 e. The van der Waals surface area contributed by atoms with Gasteiger partial charge in [-0.05, 0) is 24.6 Å². The van der Waals surface area contributed by atoms with Gasteiger partial charge in [0.05, 0.1) is 32.0 Å². The molecule has 0 fully saturated rings. The molecule has 2 aromatic rings. The molecule has 7 nitrogen and oxygen atoms in total. The number of rotatable bonds is 8. The molecule has 2 N–H and O–H groups in total. The summed E-state index contributed by atoms with van der Waals surface area (Å²) in [4.78, 5) is 8.71. The van der Waals surface area contributed by atoms with Gasteiger partial charge in [-0.3, -0.25) is 4.99 Å². The largest absolute Gasteiger partial charge is 0.493 e. The number of aliphatic imine (C=N–C) groups is 1. The van der Waals surface area contributed by atoms with E-state index in [2.05, 4.69) is 26.0 Å². The average molecular weight is 378 g/mol. The Kier molecular flexibility index (Phi) is 7.53. The van der Waals surface area contributed by atoms with Crippen LogP contribution in [-0.4, -0.2) is 45.9 Å². The fraction of sp³-hybridized carbons (Fsp3) is 0.444. The van der Waals surface area contributed by atoms with Gasteiger partial charge in [0.2, 0.25) is 5.75 Å². The molecule has 0 bridgehead atoms. The number of nitrogens with one attached hydrogen (secondary N) is 2. The van der Waals surface area contributed by atoms with Crippen LogP contribution in [0.2, 0.25) is 0 Å². The molecule has 0 saturated carbocycles. The number of thiazole rings is 1. The third kappa shape index (κ3) is 5.26. The number of hydrogen-bond acceptors (Lipinski definition) is 6. The molecule has 0 unspecified atom stereocenters. The highest BCUT2D eigenvalue weighted by Crippen LogP contribution is 2.38. The van der Waals surface area contributed by atoms with Crippen molar-refractivity contribution in [3.8, 4) is 17.2 Å². The van der Waals surface area contributed by atoms with Crippen LogP contribution in [0, 0.1) is 6.92 Å². The highest BCUT2D eigenvalue weighted by atomic mass is 32.1. The Morgan fingerprint density at radius 3 is 2.31 bits per heavy atom. The molecular weight excluding hydrogens is 352 g/mol. The first-order chi connectivity index (χ1) is 12.6. The quantitative estimate of drug-likeness (QED) is 0.543. The minimum absolute atomic E-state index is 0.576. The zero-order valence-corrected chi connectivity index (χ0v) is 16.7. The zero-order chi connectivity index (χ0) is 18.9. The number of hydrogen-bond donors (Lipinski definition) is 2. The summed E-state index contributed by atoms with van der Waals surface area (Å²) < 4.78 is 16.1.